The Kier molecular flexibility index (Phi) is 5.78. The van der Waals surface area contributed by atoms with Crippen molar-refractivity contribution in [3.63, 3.8) is 0 Å². The molecule has 0 aliphatic carbocycles. The molecule has 2 aliphatic heterocycles. The van der Waals surface area contributed by atoms with Gasteiger partial charge in [0.25, 0.3) is 5.91 Å². The Labute approximate surface area is 168 Å². The van der Waals surface area contributed by atoms with Gasteiger partial charge in [-0.3, -0.25) is 9.69 Å². The Morgan fingerprint density at radius 3 is 2.64 bits per heavy atom. The van der Waals surface area contributed by atoms with Crippen molar-refractivity contribution in [2.75, 3.05) is 46.5 Å². The van der Waals surface area contributed by atoms with Gasteiger partial charge in [0.1, 0.15) is 30.2 Å². The minimum Gasteiger partial charge on any atom is -0.497 e. The molecule has 1 aromatic carbocycles. The summed E-state index contributed by atoms with van der Waals surface area (Å²) < 4.78 is 15.8. The second-order valence-corrected chi connectivity index (χ2v) is 7.50. The van der Waals surface area contributed by atoms with E-state index >= 15 is 0 Å². The average molecular weight is 401 g/mol. The van der Waals surface area contributed by atoms with Gasteiger partial charge in [-0.1, -0.05) is 0 Å². The molecule has 28 heavy (non-hydrogen) atoms. The smallest absolute Gasteiger partial charge is 0.292 e. The van der Waals surface area contributed by atoms with Gasteiger partial charge >= 0.3 is 0 Å². The molecule has 4 rings (SSSR count). The van der Waals surface area contributed by atoms with E-state index in [4.69, 9.17) is 19.2 Å². The number of rotatable bonds is 5. The number of benzene rings is 1. The van der Waals surface area contributed by atoms with E-state index in [0.717, 1.165) is 41.6 Å². The molecule has 0 atom stereocenters. The molecule has 2 aliphatic rings. The number of methoxy groups -OCH3 is 1. The molecule has 7 nitrogen and oxygen atoms in total. The second kappa shape index (κ2) is 8.62. The molecule has 0 saturated carbocycles. The van der Waals surface area contributed by atoms with E-state index in [-0.39, 0.29) is 5.91 Å². The summed E-state index contributed by atoms with van der Waals surface area (Å²) in [5, 5.41) is 3.11. The van der Waals surface area contributed by atoms with Crippen LogP contribution in [0.4, 0.5) is 0 Å². The van der Waals surface area contributed by atoms with Crippen LogP contribution in [0.1, 0.15) is 5.69 Å². The summed E-state index contributed by atoms with van der Waals surface area (Å²) in [4.78, 5) is 21.3. The lowest BCUT2D eigenvalue weighted by Gasteiger charge is -2.34. The molecule has 1 aromatic heterocycles. The third-order valence-corrected chi connectivity index (χ3v) is 5.73. The fourth-order valence-corrected chi connectivity index (χ4v) is 4.04. The third kappa shape index (κ3) is 4.28. The number of aromatic nitrogens is 1. The number of ether oxygens (including phenoxy) is 3. The van der Waals surface area contributed by atoms with Gasteiger partial charge in [-0.25, -0.2) is 4.98 Å². The van der Waals surface area contributed by atoms with Crippen LogP contribution in [-0.2, 0) is 20.8 Å². The summed E-state index contributed by atoms with van der Waals surface area (Å²) in [5.41, 5.74) is 2.15. The zero-order valence-corrected chi connectivity index (χ0v) is 16.6. The number of nitrogens with zero attached hydrogens (tertiary/aromatic N) is 3. The van der Waals surface area contributed by atoms with E-state index in [0.29, 0.717) is 32.1 Å². The van der Waals surface area contributed by atoms with Crippen molar-refractivity contribution in [2.45, 2.75) is 6.54 Å². The highest BCUT2D eigenvalue weighted by Gasteiger charge is 2.26. The molecule has 8 heteroatoms. The Morgan fingerprint density at radius 2 is 1.96 bits per heavy atom. The maximum Gasteiger partial charge on any atom is 0.292 e. The van der Waals surface area contributed by atoms with Gasteiger partial charge in [-0.05, 0) is 24.3 Å². The molecule has 1 fully saturated rings. The maximum atomic E-state index is 12.4. The van der Waals surface area contributed by atoms with Gasteiger partial charge in [0, 0.05) is 43.7 Å². The minimum atomic E-state index is -0.0881. The highest BCUT2D eigenvalue weighted by Crippen LogP contribution is 2.26. The first-order valence-corrected chi connectivity index (χ1v) is 10.2. The molecule has 1 amide bonds. The Morgan fingerprint density at radius 1 is 1.18 bits per heavy atom. The summed E-state index contributed by atoms with van der Waals surface area (Å²) in [6.07, 6.45) is 1.42. The van der Waals surface area contributed by atoms with Gasteiger partial charge < -0.3 is 19.1 Å². The fourth-order valence-electron chi connectivity index (χ4n) is 3.22. The van der Waals surface area contributed by atoms with E-state index < -0.39 is 0 Å². The fraction of sp³-hybridized carbons (Fsp3) is 0.400. The lowest BCUT2D eigenvalue weighted by atomic mass is 10.2. The van der Waals surface area contributed by atoms with Crippen LogP contribution in [0.5, 0.6) is 5.75 Å². The molecule has 0 radical (unpaired) electrons. The van der Waals surface area contributed by atoms with Gasteiger partial charge in [0.15, 0.2) is 0 Å². The number of hydrogen-bond acceptors (Lipinski definition) is 7. The van der Waals surface area contributed by atoms with Crippen LogP contribution in [0.2, 0.25) is 0 Å². The lowest BCUT2D eigenvalue weighted by molar-refractivity contribution is -0.134. The quantitative estimate of drug-likeness (QED) is 0.766. The molecule has 0 N–H and O–H groups in total. The van der Waals surface area contributed by atoms with E-state index in [9.17, 15) is 4.79 Å². The van der Waals surface area contributed by atoms with Crippen LogP contribution in [0.3, 0.4) is 0 Å². The molecule has 0 spiro atoms. The van der Waals surface area contributed by atoms with Crippen molar-refractivity contribution < 1.29 is 19.0 Å². The highest BCUT2D eigenvalue weighted by atomic mass is 32.1. The number of hydrogen-bond donors (Lipinski definition) is 0. The zero-order valence-electron chi connectivity index (χ0n) is 15.8. The summed E-state index contributed by atoms with van der Waals surface area (Å²) in [6.45, 7) is 4.69. The molecular weight excluding hydrogens is 378 g/mol. The van der Waals surface area contributed by atoms with Crippen molar-refractivity contribution in [2.24, 2.45) is 0 Å². The number of carbonyl (C=O) groups is 1. The van der Waals surface area contributed by atoms with E-state index in [1.54, 1.807) is 18.4 Å². The van der Waals surface area contributed by atoms with Crippen molar-refractivity contribution in [3.05, 3.63) is 47.4 Å². The van der Waals surface area contributed by atoms with Gasteiger partial charge in [-0.2, -0.15) is 0 Å². The molecule has 0 unspecified atom stereocenters. The van der Waals surface area contributed by atoms with Gasteiger partial charge in [0.05, 0.1) is 12.8 Å². The summed E-state index contributed by atoms with van der Waals surface area (Å²) >= 11 is 1.65. The Balaban J connectivity index is 1.31. The standard InChI is InChI=1S/C20H23N3O4S/c1-25-17-4-2-15(3-5-17)19-21-16(14-28-19)12-22-6-8-23(9-7-22)20(24)18-13-26-10-11-27-18/h2-5,13-14H,6-12H2,1H3. The molecule has 1 saturated heterocycles. The molecule has 0 bridgehead atoms. The van der Waals surface area contributed by atoms with Crippen LogP contribution in [0.15, 0.2) is 41.7 Å². The van der Waals surface area contributed by atoms with E-state index in [2.05, 4.69) is 10.3 Å². The minimum absolute atomic E-state index is 0.0881. The molecule has 2 aromatic rings. The number of carbonyl (C=O) groups excluding carboxylic acids is 1. The van der Waals surface area contributed by atoms with Crippen molar-refractivity contribution in [3.8, 4) is 16.3 Å². The van der Waals surface area contributed by atoms with Crippen LogP contribution in [-0.4, -0.2) is 67.2 Å². The first kappa shape index (κ1) is 18.8. The molecular formula is C20H23N3O4S. The lowest BCUT2D eigenvalue weighted by Crippen LogP contribution is -2.49. The predicted octanol–water partition coefficient (Wildman–Crippen LogP) is 2.35. The number of amides is 1. The number of thiazole rings is 1. The van der Waals surface area contributed by atoms with Crippen molar-refractivity contribution in [1.29, 1.82) is 0 Å². The zero-order chi connectivity index (χ0) is 19.3. The monoisotopic (exact) mass is 401 g/mol. The van der Waals surface area contributed by atoms with Crippen LogP contribution in [0, 0.1) is 0 Å². The predicted molar refractivity (Wildman–Crippen MR) is 106 cm³/mol. The SMILES string of the molecule is COc1ccc(-c2nc(CN3CCN(C(=O)C4=COCCO4)CC3)cs2)cc1. The van der Waals surface area contributed by atoms with Crippen molar-refractivity contribution in [1.82, 2.24) is 14.8 Å². The summed E-state index contributed by atoms with van der Waals surface area (Å²) in [6, 6.07) is 7.95. The normalized spacial score (nSPS) is 17.5. The molecule has 3 heterocycles. The number of piperazine rings is 1. The van der Waals surface area contributed by atoms with Gasteiger partial charge in [0.2, 0.25) is 5.76 Å². The second-order valence-electron chi connectivity index (χ2n) is 6.64. The third-order valence-electron chi connectivity index (χ3n) is 4.79. The van der Waals surface area contributed by atoms with Crippen LogP contribution in [0.25, 0.3) is 10.6 Å². The van der Waals surface area contributed by atoms with E-state index in [1.165, 1.54) is 6.26 Å². The van der Waals surface area contributed by atoms with Gasteiger partial charge in [-0.15, -0.1) is 11.3 Å². The van der Waals surface area contributed by atoms with Crippen LogP contribution < -0.4 is 4.74 Å². The largest absolute Gasteiger partial charge is 0.497 e. The summed E-state index contributed by atoms with van der Waals surface area (Å²) in [5.74, 6) is 1.06. The van der Waals surface area contributed by atoms with Crippen molar-refractivity contribution >= 4 is 17.2 Å². The Bertz CT molecular complexity index is 841. The average Bonchev–Trinajstić information content (AvgIpc) is 3.23. The highest BCUT2D eigenvalue weighted by molar-refractivity contribution is 7.13. The van der Waals surface area contributed by atoms with Crippen LogP contribution >= 0.6 is 11.3 Å². The maximum absolute atomic E-state index is 12.4. The van der Waals surface area contributed by atoms with E-state index in [1.807, 2.05) is 29.2 Å². The topological polar surface area (TPSA) is 64.1 Å². The first-order valence-electron chi connectivity index (χ1n) is 9.28. The molecule has 148 valence electrons. The first-order chi connectivity index (χ1) is 13.7. The summed E-state index contributed by atoms with van der Waals surface area (Å²) in [7, 11) is 1.66. The Hall–Kier alpha value is -2.58.